The van der Waals surface area contributed by atoms with Crippen molar-refractivity contribution in [3.8, 4) is 5.75 Å². The summed E-state index contributed by atoms with van der Waals surface area (Å²) in [6.07, 6.45) is 5.15. The predicted molar refractivity (Wildman–Crippen MR) is 82.4 cm³/mol. The fourth-order valence-corrected chi connectivity index (χ4v) is 2.33. The SMILES string of the molecule is CCCCCC(C)(C)CNC(C)c1ccccc1O. The molecule has 0 aliphatic heterocycles. The molecule has 0 fully saturated rings. The fraction of sp³-hybridized carbons (Fsp3) is 0.647. The summed E-state index contributed by atoms with van der Waals surface area (Å²) < 4.78 is 0. The van der Waals surface area contributed by atoms with Crippen LogP contribution in [0.3, 0.4) is 0 Å². The number of hydrogen-bond acceptors (Lipinski definition) is 2. The van der Waals surface area contributed by atoms with E-state index < -0.39 is 0 Å². The van der Waals surface area contributed by atoms with Crippen LogP contribution in [0.4, 0.5) is 0 Å². The molecular formula is C17H29NO. The number of para-hydroxylation sites is 1. The number of benzene rings is 1. The molecule has 2 N–H and O–H groups in total. The van der Waals surface area contributed by atoms with E-state index in [9.17, 15) is 5.11 Å². The van der Waals surface area contributed by atoms with Crippen LogP contribution in [0.2, 0.25) is 0 Å². The maximum absolute atomic E-state index is 9.84. The molecular weight excluding hydrogens is 234 g/mol. The van der Waals surface area contributed by atoms with Gasteiger partial charge in [0.1, 0.15) is 5.75 Å². The molecule has 1 rings (SSSR count). The number of unbranched alkanes of at least 4 members (excludes halogenated alkanes) is 2. The first kappa shape index (κ1) is 16.0. The van der Waals surface area contributed by atoms with Gasteiger partial charge in [-0.25, -0.2) is 0 Å². The van der Waals surface area contributed by atoms with Gasteiger partial charge >= 0.3 is 0 Å². The molecule has 0 saturated carbocycles. The van der Waals surface area contributed by atoms with Crippen molar-refractivity contribution >= 4 is 0 Å². The average molecular weight is 263 g/mol. The zero-order chi connectivity index (χ0) is 14.3. The lowest BCUT2D eigenvalue weighted by Gasteiger charge is -2.27. The second-order valence-electron chi connectivity index (χ2n) is 6.28. The van der Waals surface area contributed by atoms with Gasteiger partial charge in [-0.2, -0.15) is 0 Å². The van der Waals surface area contributed by atoms with Crippen molar-refractivity contribution in [1.82, 2.24) is 5.32 Å². The highest BCUT2D eigenvalue weighted by atomic mass is 16.3. The Bertz CT molecular complexity index is 373. The number of phenolic OH excluding ortho intramolecular Hbond substituents is 1. The molecule has 1 atom stereocenters. The first-order chi connectivity index (χ1) is 8.96. The summed E-state index contributed by atoms with van der Waals surface area (Å²) in [5, 5.41) is 13.4. The molecule has 0 spiro atoms. The van der Waals surface area contributed by atoms with Crippen molar-refractivity contribution in [3.05, 3.63) is 29.8 Å². The molecule has 1 aromatic rings. The quantitative estimate of drug-likeness (QED) is 0.669. The maximum Gasteiger partial charge on any atom is 0.120 e. The van der Waals surface area contributed by atoms with Gasteiger partial charge in [0, 0.05) is 18.2 Å². The Labute approximate surface area is 118 Å². The van der Waals surface area contributed by atoms with Crippen molar-refractivity contribution in [3.63, 3.8) is 0 Å². The summed E-state index contributed by atoms with van der Waals surface area (Å²) in [4.78, 5) is 0. The second kappa shape index (κ2) is 7.54. The van der Waals surface area contributed by atoms with E-state index in [1.54, 1.807) is 6.07 Å². The van der Waals surface area contributed by atoms with Gasteiger partial charge in [-0.3, -0.25) is 0 Å². The number of aromatic hydroxyl groups is 1. The zero-order valence-corrected chi connectivity index (χ0v) is 12.9. The molecule has 19 heavy (non-hydrogen) atoms. The summed E-state index contributed by atoms with van der Waals surface area (Å²) in [6.45, 7) is 9.95. The summed E-state index contributed by atoms with van der Waals surface area (Å²) in [6, 6.07) is 7.75. The van der Waals surface area contributed by atoms with Crippen LogP contribution in [0.15, 0.2) is 24.3 Å². The lowest BCUT2D eigenvalue weighted by molar-refractivity contribution is 0.289. The standard InChI is InChI=1S/C17H29NO/c1-5-6-9-12-17(3,4)13-18-14(2)15-10-7-8-11-16(15)19/h7-8,10-11,14,18-19H,5-6,9,12-13H2,1-4H3. The molecule has 0 bridgehead atoms. The van der Waals surface area contributed by atoms with Crippen LogP contribution < -0.4 is 5.32 Å². The molecule has 108 valence electrons. The third kappa shape index (κ3) is 5.65. The van der Waals surface area contributed by atoms with Crippen LogP contribution in [0, 0.1) is 5.41 Å². The predicted octanol–water partition coefficient (Wildman–Crippen LogP) is 4.65. The van der Waals surface area contributed by atoms with E-state index in [0.717, 1.165) is 12.1 Å². The van der Waals surface area contributed by atoms with Gasteiger partial charge in [0.25, 0.3) is 0 Å². The molecule has 0 aromatic heterocycles. The van der Waals surface area contributed by atoms with E-state index in [1.807, 2.05) is 18.2 Å². The van der Waals surface area contributed by atoms with E-state index in [0.29, 0.717) is 11.2 Å². The van der Waals surface area contributed by atoms with Gasteiger partial charge in [-0.15, -0.1) is 0 Å². The van der Waals surface area contributed by atoms with E-state index in [2.05, 4.69) is 33.0 Å². The smallest absolute Gasteiger partial charge is 0.120 e. The van der Waals surface area contributed by atoms with Crippen LogP contribution in [-0.2, 0) is 0 Å². The van der Waals surface area contributed by atoms with Gasteiger partial charge in [-0.1, -0.05) is 58.2 Å². The molecule has 0 aliphatic rings. The molecule has 2 heteroatoms. The van der Waals surface area contributed by atoms with Gasteiger partial charge in [0.05, 0.1) is 0 Å². The number of rotatable bonds is 8. The Kier molecular flexibility index (Phi) is 6.36. The highest BCUT2D eigenvalue weighted by Crippen LogP contribution is 2.26. The molecule has 0 aliphatic carbocycles. The minimum Gasteiger partial charge on any atom is -0.508 e. The van der Waals surface area contributed by atoms with Gasteiger partial charge < -0.3 is 10.4 Å². The van der Waals surface area contributed by atoms with E-state index in [1.165, 1.54) is 25.7 Å². The molecule has 2 nitrogen and oxygen atoms in total. The Morgan fingerprint density at radius 2 is 1.89 bits per heavy atom. The van der Waals surface area contributed by atoms with Crippen molar-refractivity contribution < 1.29 is 5.11 Å². The van der Waals surface area contributed by atoms with Crippen LogP contribution in [0.1, 0.15) is 65.0 Å². The molecule has 1 unspecified atom stereocenters. The third-order valence-electron chi connectivity index (χ3n) is 3.75. The molecule has 0 amide bonds. The first-order valence-electron chi connectivity index (χ1n) is 7.47. The van der Waals surface area contributed by atoms with E-state index in [4.69, 9.17) is 0 Å². The summed E-state index contributed by atoms with van der Waals surface area (Å²) >= 11 is 0. The summed E-state index contributed by atoms with van der Waals surface area (Å²) in [5.74, 6) is 0.381. The Morgan fingerprint density at radius 1 is 1.21 bits per heavy atom. The van der Waals surface area contributed by atoms with Gasteiger partial charge in [0.15, 0.2) is 0 Å². The molecule has 1 aromatic carbocycles. The van der Waals surface area contributed by atoms with Gasteiger partial charge in [0.2, 0.25) is 0 Å². The Morgan fingerprint density at radius 3 is 2.53 bits per heavy atom. The monoisotopic (exact) mass is 263 g/mol. The van der Waals surface area contributed by atoms with Crippen molar-refractivity contribution in [2.45, 2.75) is 59.4 Å². The number of hydrogen-bond donors (Lipinski definition) is 2. The van der Waals surface area contributed by atoms with E-state index in [-0.39, 0.29) is 6.04 Å². The van der Waals surface area contributed by atoms with Crippen LogP contribution in [0.5, 0.6) is 5.75 Å². The molecule has 0 saturated heterocycles. The summed E-state index contributed by atoms with van der Waals surface area (Å²) in [5.41, 5.74) is 1.29. The van der Waals surface area contributed by atoms with E-state index >= 15 is 0 Å². The first-order valence-corrected chi connectivity index (χ1v) is 7.47. The third-order valence-corrected chi connectivity index (χ3v) is 3.75. The highest BCUT2D eigenvalue weighted by Gasteiger charge is 2.19. The van der Waals surface area contributed by atoms with Crippen LogP contribution >= 0.6 is 0 Å². The molecule has 0 radical (unpaired) electrons. The summed E-state index contributed by atoms with van der Waals surface area (Å²) in [7, 11) is 0. The number of nitrogens with one attached hydrogen (secondary N) is 1. The second-order valence-corrected chi connectivity index (χ2v) is 6.28. The molecule has 0 heterocycles. The fourth-order valence-electron chi connectivity index (χ4n) is 2.33. The lowest BCUT2D eigenvalue weighted by Crippen LogP contribution is -2.31. The maximum atomic E-state index is 9.84. The largest absolute Gasteiger partial charge is 0.508 e. The van der Waals surface area contributed by atoms with Crippen LogP contribution in [-0.4, -0.2) is 11.7 Å². The number of phenols is 1. The van der Waals surface area contributed by atoms with Crippen LogP contribution in [0.25, 0.3) is 0 Å². The van der Waals surface area contributed by atoms with Crippen molar-refractivity contribution in [2.24, 2.45) is 5.41 Å². The van der Waals surface area contributed by atoms with Crippen molar-refractivity contribution in [1.29, 1.82) is 0 Å². The lowest BCUT2D eigenvalue weighted by atomic mass is 9.86. The Balaban J connectivity index is 2.45. The Hall–Kier alpha value is -1.02. The van der Waals surface area contributed by atoms with Crippen molar-refractivity contribution in [2.75, 3.05) is 6.54 Å². The topological polar surface area (TPSA) is 32.3 Å². The minimum atomic E-state index is 0.187. The highest BCUT2D eigenvalue weighted by molar-refractivity contribution is 5.34. The zero-order valence-electron chi connectivity index (χ0n) is 12.9. The average Bonchev–Trinajstić information content (AvgIpc) is 2.37. The van der Waals surface area contributed by atoms with Gasteiger partial charge in [-0.05, 0) is 24.8 Å². The minimum absolute atomic E-state index is 0.187. The normalized spacial score (nSPS) is 13.5.